The monoisotopic (exact) mass is 945 g/mol. The van der Waals surface area contributed by atoms with Gasteiger partial charge >= 0.3 is 17.9 Å². The normalized spacial score (nSPS) is 12.8. The van der Waals surface area contributed by atoms with E-state index in [0.29, 0.717) is 19.3 Å². The molecule has 0 aliphatic rings. The molecule has 0 fully saturated rings. The molecule has 1 unspecified atom stereocenters. The molecule has 0 saturated heterocycles. The minimum absolute atomic E-state index is 0.0791. The highest BCUT2D eigenvalue weighted by atomic mass is 16.6. The molecule has 0 rings (SSSR count). The van der Waals surface area contributed by atoms with E-state index in [-0.39, 0.29) is 31.1 Å². The number of allylic oxidation sites excluding steroid dienone is 16. The molecule has 0 aromatic carbocycles. The van der Waals surface area contributed by atoms with Crippen molar-refractivity contribution in [3.8, 4) is 0 Å². The molecule has 0 radical (unpaired) electrons. The smallest absolute Gasteiger partial charge is 0.306 e. The van der Waals surface area contributed by atoms with Crippen LogP contribution in [0.15, 0.2) is 97.2 Å². The third-order valence-corrected chi connectivity index (χ3v) is 11.9. The van der Waals surface area contributed by atoms with Gasteiger partial charge in [0.2, 0.25) is 0 Å². The lowest BCUT2D eigenvalue weighted by Gasteiger charge is -2.18. The van der Waals surface area contributed by atoms with Crippen LogP contribution in [0.5, 0.6) is 0 Å². The Morgan fingerprint density at radius 3 is 0.897 bits per heavy atom. The second-order valence-corrected chi connectivity index (χ2v) is 18.5. The number of unbranched alkanes of at least 4 members (excludes halogenated alkanes) is 23. The molecule has 0 aromatic rings. The maximum atomic E-state index is 12.7. The van der Waals surface area contributed by atoms with Crippen molar-refractivity contribution in [2.75, 3.05) is 13.2 Å². The standard InChI is InChI=1S/C62H104O6/c1-4-7-10-13-16-19-21-22-23-24-25-26-27-28-29-30-31-32-33-34-35-36-37-38-39-40-41-44-46-49-52-55-61(64)67-58-59(57-66-60(63)54-51-48-45-42-18-15-12-9-6-3)68-62(65)56-53-50-47-43-20-17-14-11-8-5-2/h7,10,16,19,22-23,25-26,28-29,31-32,34-35,37-38,59H,4-6,8-9,11-15,17-18,20-21,24,27,30,33,36,39-58H2,1-3H3/b10-7-,19-16-,23-22-,26-25-,29-28-,32-31-,35-34-,38-37-. The minimum atomic E-state index is -0.778. The SMILES string of the molecule is CC/C=C\C/C=C\C/C=C\C/C=C\C/C=C\C/C=C\C/C=C\C/C=C\CCCCCCCCC(=O)OCC(COC(=O)CCCCCCCCCCC)OC(=O)CCCCCCCCCCCC. The summed E-state index contributed by atoms with van der Waals surface area (Å²) in [4.78, 5) is 37.9. The Labute approximate surface area is 419 Å². The fraction of sp³-hybridized carbons (Fsp3) is 0.694. The number of carbonyl (C=O) groups excluding carboxylic acids is 3. The first kappa shape index (κ1) is 64.3. The third kappa shape index (κ3) is 53.3. The Hall–Kier alpha value is -3.67. The predicted octanol–water partition coefficient (Wildman–Crippen LogP) is 18.9. The molecule has 0 bridgehead atoms. The number of carbonyl (C=O) groups is 3. The first-order chi connectivity index (χ1) is 33.5. The summed E-state index contributed by atoms with van der Waals surface area (Å²) >= 11 is 0. The molecule has 0 N–H and O–H groups in total. The van der Waals surface area contributed by atoms with E-state index in [1.54, 1.807) is 0 Å². The summed E-state index contributed by atoms with van der Waals surface area (Å²) in [5.74, 6) is -0.898. The fourth-order valence-electron chi connectivity index (χ4n) is 7.63. The Morgan fingerprint density at radius 2 is 0.574 bits per heavy atom. The van der Waals surface area contributed by atoms with Crippen molar-refractivity contribution in [2.24, 2.45) is 0 Å². The quantitative estimate of drug-likeness (QED) is 0.0262. The van der Waals surface area contributed by atoms with Crippen molar-refractivity contribution in [3.05, 3.63) is 97.2 Å². The lowest BCUT2D eigenvalue weighted by molar-refractivity contribution is -0.167. The number of rotatable bonds is 50. The van der Waals surface area contributed by atoms with Gasteiger partial charge in [0.15, 0.2) is 6.10 Å². The molecule has 0 heterocycles. The predicted molar refractivity (Wildman–Crippen MR) is 293 cm³/mol. The van der Waals surface area contributed by atoms with Crippen LogP contribution in [-0.2, 0) is 28.6 Å². The van der Waals surface area contributed by atoms with Crippen molar-refractivity contribution in [2.45, 2.75) is 264 Å². The van der Waals surface area contributed by atoms with Gasteiger partial charge in [-0.05, 0) is 83.5 Å². The van der Waals surface area contributed by atoms with Crippen LogP contribution >= 0.6 is 0 Å². The van der Waals surface area contributed by atoms with Gasteiger partial charge in [0.05, 0.1) is 0 Å². The highest BCUT2D eigenvalue weighted by Crippen LogP contribution is 2.15. The Bertz CT molecular complexity index is 1360. The van der Waals surface area contributed by atoms with Crippen LogP contribution in [-0.4, -0.2) is 37.2 Å². The van der Waals surface area contributed by atoms with Gasteiger partial charge in [-0.1, -0.05) is 253 Å². The first-order valence-corrected chi connectivity index (χ1v) is 28.2. The number of esters is 3. The van der Waals surface area contributed by atoms with Gasteiger partial charge in [-0.15, -0.1) is 0 Å². The second kappa shape index (κ2) is 55.9. The second-order valence-electron chi connectivity index (χ2n) is 18.5. The molecular formula is C62H104O6. The molecule has 388 valence electrons. The molecule has 68 heavy (non-hydrogen) atoms. The minimum Gasteiger partial charge on any atom is -0.462 e. The van der Waals surface area contributed by atoms with Gasteiger partial charge < -0.3 is 14.2 Å². The van der Waals surface area contributed by atoms with E-state index in [9.17, 15) is 14.4 Å². The summed E-state index contributed by atoms with van der Waals surface area (Å²) < 4.78 is 16.7. The zero-order chi connectivity index (χ0) is 49.3. The van der Waals surface area contributed by atoms with Crippen molar-refractivity contribution >= 4 is 17.9 Å². The van der Waals surface area contributed by atoms with E-state index in [0.717, 1.165) is 122 Å². The van der Waals surface area contributed by atoms with Gasteiger partial charge in [0.1, 0.15) is 13.2 Å². The fourth-order valence-corrected chi connectivity index (χ4v) is 7.63. The van der Waals surface area contributed by atoms with Crippen LogP contribution in [0.4, 0.5) is 0 Å². The van der Waals surface area contributed by atoms with Crippen molar-refractivity contribution in [3.63, 3.8) is 0 Å². The third-order valence-electron chi connectivity index (χ3n) is 11.9. The molecule has 1 atom stereocenters. The maximum Gasteiger partial charge on any atom is 0.306 e. The molecule has 0 aliphatic carbocycles. The Morgan fingerprint density at radius 1 is 0.309 bits per heavy atom. The van der Waals surface area contributed by atoms with Crippen LogP contribution in [0, 0.1) is 0 Å². The number of hydrogen-bond donors (Lipinski definition) is 0. The summed E-state index contributed by atoms with van der Waals surface area (Å²) in [7, 11) is 0. The van der Waals surface area contributed by atoms with Crippen molar-refractivity contribution in [1.82, 2.24) is 0 Å². The lowest BCUT2D eigenvalue weighted by Crippen LogP contribution is -2.30. The van der Waals surface area contributed by atoms with Crippen LogP contribution in [0.25, 0.3) is 0 Å². The average Bonchev–Trinajstić information content (AvgIpc) is 3.34. The van der Waals surface area contributed by atoms with E-state index in [1.165, 1.54) is 96.3 Å². The molecule has 0 spiro atoms. The largest absolute Gasteiger partial charge is 0.462 e. The highest BCUT2D eigenvalue weighted by molar-refractivity contribution is 5.71. The number of ether oxygens (including phenoxy) is 3. The van der Waals surface area contributed by atoms with E-state index in [2.05, 4.69) is 118 Å². The van der Waals surface area contributed by atoms with Gasteiger partial charge in [-0.25, -0.2) is 0 Å². The van der Waals surface area contributed by atoms with Gasteiger partial charge in [-0.2, -0.15) is 0 Å². The van der Waals surface area contributed by atoms with Crippen molar-refractivity contribution < 1.29 is 28.6 Å². The highest BCUT2D eigenvalue weighted by Gasteiger charge is 2.19. The summed E-state index contributed by atoms with van der Waals surface area (Å²) in [6.45, 7) is 6.48. The number of hydrogen-bond acceptors (Lipinski definition) is 6. The van der Waals surface area contributed by atoms with E-state index in [4.69, 9.17) is 14.2 Å². The zero-order valence-corrected chi connectivity index (χ0v) is 44.3. The molecule has 6 nitrogen and oxygen atoms in total. The molecule has 0 aliphatic heterocycles. The van der Waals surface area contributed by atoms with Crippen molar-refractivity contribution in [1.29, 1.82) is 0 Å². The Kier molecular flexibility index (Phi) is 52.9. The molecule has 6 heteroatoms. The van der Waals surface area contributed by atoms with E-state index < -0.39 is 6.10 Å². The van der Waals surface area contributed by atoms with Gasteiger partial charge in [-0.3, -0.25) is 14.4 Å². The van der Waals surface area contributed by atoms with E-state index >= 15 is 0 Å². The van der Waals surface area contributed by atoms with E-state index in [1.807, 2.05) is 0 Å². The van der Waals surface area contributed by atoms with Crippen LogP contribution in [0.3, 0.4) is 0 Å². The topological polar surface area (TPSA) is 78.9 Å². The van der Waals surface area contributed by atoms with Gasteiger partial charge in [0, 0.05) is 19.3 Å². The summed E-state index contributed by atoms with van der Waals surface area (Å²) in [6.07, 6.45) is 74.1. The lowest BCUT2D eigenvalue weighted by atomic mass is 10.1. The average molecular weight is 946 g/mol. The van der Waals surface area contributed by atoms with Crippen LogP contribution in [0.2, 0.25) is 0 Å². The molecule has 0 amide bonds. The molecule has 0 aromatic heterocycles. The summed E-state index contributed by atoms with van der Waals surface area (Å²) in [5.41, 5.74) is 0. The summed E-state index contributed by atoms with van der Waals surface area (Å²) in [6, 6.07) is 0. The Balaban J connectivity index is 4.17. The first-order valence-electron chi connectivity index (χ1n) is 28.2. The molecular weight excluding hydrogens is 841 g/mol. The zero-order valence-electron chi connectivity index (χ0n) is 44.3. The van der Waals surface area contributed by atoms with Crippen LogP contribution in [0.1, 0.15) is 258 Å². The summed E-state index contributed by atoms with van der Waals surface area (Å²) in [5, 5.41) is 0. The van der Waals surface area contributed by atoms with Gasteiger partial charge in [0.25, 0.3) is 0 Å². The molecule has 0 saturated carbocycles. The maximum absolute atomic E-state index is 12.7. The van der Waals surface area contributed by atoms with Crippen LogP contribution < -0.4 is 0 Å².